The van der Waals surface area contributed by atoms with Crippen LogP contribution in [0.15, 0.2) is 43.0 Å². The predicted octanol–water partition coefficient (Wildman–Crippen LogP) is 2.47. The maximum Gasteiger partial charge on any atom is 0.243 e. The molecule has 0 bridgehead atoms. The molecule has 2 aromatic rings. The Morgan fingerprint density at radius 2 is 2.00 bits per heavy atom. The van der Waals surface area contributed by atoms with E-state index in [9.17, 15) is 4.79 Å². The average Bonchev–Trinajstić information content (AvgIpc) is 3.21. The molecule has 27 heavy (non-hydrogen) atoms. The third-order valence-electron chi connectivity index (χ3n) is 5.36. The van der Waals surface area contributed by atoms with Gasteiger partial charge in [0.1, 0.15) is 6.04 Å². The first-order valence-electron chi connectivity index (χ1n) is 9.84. The maximum atomic E-state index is 12.4. The molecule has 1 aliphatic rings. The Morgan fingerprint density at radius 3 is 2.67 bits per heavy atom. The molecule has 1 N–H and O–H groups in total. The molecule has 2 atom stereocenters. The van der Waals surface area contributed by atoms with Crippen molar-refractivity contribution in [3.8, 4) is 0 Å². The van der Waals surface area contributed by atoms with Gasteiger partial charge in [-0.3, -0.25) is 9.69 Å². The van der Waals surface area contributed by atoms with Crippen molar-refractivity contribution < 1.29 is 4.79 Å². The van der Waals surface area contributed by atoms with Crippen LogP contribution < -0.4 is 10.2 Å². The van der Waals surface area contributed by atoms with Gasteiger partial charge < -0.3 is 14.8 Å². The summed E-state index contributed by atoms with van der Waals surface area (Å²) in [5, 5.41) is 3.12. The highest BCUT2D eigenvalue weighted by atomic mass is 16.2. The maximum absolute atomic E-state index is 12.4. The molecule has 0 spiro atoms. The molecule has 1 aliphatic heterocycles. The van der Waals surface area contributed by atoms with Crippen LogP contribution in [0.3, 0.4) is 0 Å². The molecule has 0 saturated carbocycles. The van der Waals surface area contributed by atoms with Crippen LogP contribution in [0.25, 0.3) is 0 Å². The van der Waals surface area contributed by atoms with Crippen LogP contribution in [-0.2, 0) is 4.79 Å². The van der Waals surface area contributed by atoms with Crippen LogP contribution in [0.5, 0.6) is 0 Å². The zero-order valence-corrected chi connectivity index (χ0v) is 16.6. The summed E-state index contributed by atoms with van der Waals surface area (Å²) in [4.78, 5) is 21.3. The number of hydrogen-bond donors (Lipinski definition) is 1. The van der Waals surface area contributed by atoms with Gasteiger partial charge in [0.25, 0.3) is 0 Å². The monoisotopic (exact) mass is 369 g/mol. The molecule has 1 saturated heterocycles. The van der Waals surface area contributed by atoms with Crippen LogP contribution in [0, 0.1) is 6.92 Å². The fourth-order valence-electron chi connectivity index (χ4n) is 3.50. The van der Waals surface area contributed by atoms with Crippen molar-refractivity contribution in [2.75, 3.05) is 37.6 Å². The van der Waals surface area contributed by atoms with Crippen LogP contribution in [0.2, 0.25) is 0 Å². The van der Waals surface area contributed by atoms with Crippen molar-refractivity contribution in [3.05, 3.63) is 48.5 Å². The Kier molecular flexibility index (Phi) is 6.50. The molecule has 0 unspecified atom stereocenters. The Balaban J connectivity index is 1.39. The second kappa shape index (κ2) is 9.04. The highest BCUT2D eigenvalue weighted by Crippen LogP contribution is 2.18. The number of piperazine rings is 1. The molecule has 6 nitrogen and oxygen atoms in total. The molecule has 3 rings (SSSR count). The number of amides is 1. The highest BCUT2D eigenvalue weighted by Gasteiger charge is 2.19. The Bertz CT molecular complexity index is 722. The van der Waals surface area contributed by atoms with Gasteiger partial charge in [-0.2, -0.15) is 0 Å². The molecule has 1 amide bonds. The second-order valence-corrected chi connectivity index (χ2v) is 7.55. The van der Waals surface area contributed by atoms with Crippen molar-refractivity contribution >= 4 is 11.6 Å². The molecular weight excluding hydrogens is 338 g/mol. The molecule has 1 fully saturated rings. The summed E-state index contributed by atoms with van der Waals surface area (Å²) >= 11 is 0. The number of hydrogen-bond acceptors (Lipinski definition) is 4. The fraction of sp³-hybridized carbons (Fsp3) is 0.524. The van der Waals surface area contributed by atoms with Gasteiger partial charge in [-0.05, 0) is 44.9 Å². The van der Waals surface area contributed by atoms with Crippen molar-refractivity contribution in [1.82, 2.24) is 19.8 Å². The molecular formula is C21H31N5O. The first kappa shape index (κ1) is 19.4. The minimum atomic E-state index is -0.229. The van der Waals surface area contributed by atoms with Crippen molar-refractivity contribution in [2.45, 2.75) is 39.3 Å². The number of nitrogens with one attached hydrogen (secondary N) is 1. The second-order valence-electron chi connectivity index (χ2n) is 7.55. The minimum absolute atomic E-state index is 0.0461. The van der Waals surface area contributed by atoms with E-state index in [0.717, 1.165) is 39.1 Å². The molecule has 6 heteroatoms. The van der Waals surface area contributed by atoms with Crippen molar-refractivity contribution in [3.63, 3.8) is 0 Å². The molecule has 1 aromatic heterocycles. The van der Waals surface area contributed by atoms with Gasteiger partial charge in [0, 0.05) is 56.8 Å². The predicted molar refractivity (Wildman–Crippen MR) is 109 cm³/mol. The first-order valence-corrected chi connectivity index (χ1v) is 9.84. The summed E-state index contributed by atoms with van der Waals surface area (Å²) in [5.74, 6) is 0.0461. The average molecular weight is 370 g/mol. The number of carbonyl (C=O) groups is 1. The van der Waals surface area contributed by atoms with Crippen LogP contribution in [0.1, 0.15) is 31.9 Å². The summed E-state index contributed by atoms with van der Waals surface area (Å²) in [6.45, 7) is 11.4. The van der Waals surface area contributed by atoms with Gasteiger partial charge in [0.2, 0.25) is 5.91 Å². The Labute approximate surface area is 162 Å². The zero-order valence-electron chi connectivity index (χ0n) is 16.6. The van der Waals surface area contributed by atoms with Gasteiger partial charge in [-0.25, -0.2) is 4.98 Å². The minimum Gasteiger partial charge on any atom is -0.369 e. The van der Waals surface area contributed by atoms with E-state index >= 15 is 0 Å². The lowest BCUT2D eigenvalue weighted by Gasteiger charge is -2.36. The molecule has 0 radical (unpaired) electrons. The smallest absolute Gasteiger partial charge is 0.243 e. The quantitative estimate of drug-likeness (QED) is 0.815. The summed E-state index contributed by atoms with van der Waals surface area (Å²) in [7, 11) is 0. The number of anilines is 1. The summed E-state index contributed by atoms with van der Waals surface area (Å²) in [6, 6.07) is 8.66. The van der Waals surface area contributed by atoms with Gasteiger partial charge in [0.05, 0.1) is 6.33 Å². The number of benzene rings is 1. The number of rotatable bonds is 7. The number of carbonyl (C=O) groups excluding carboxylic acids is 1. The van der Waals surface area contributed by atoms with Crippen molar-refractivity contribution in [2.24, 2.45) is 0 Å². The summed E-state index contributed by atoms with van der Waals surface area (Å²) in [6.07, 6.45) is 6.17. The normalized spacial score (nSPS) is 17.5. The molecule has 1 aromatic carbocycles. The number of aromatic nitrogens is 2. The lowest BCUT2D eigenvalue weighted by molar-refractivity contribution is -0.124. The van der Waals surface area contributed by atoms with Gasteiger partial charge in [-0.15, -0.1) is 0 Å². The molecule has 146 valence electrons. The van der Waals surface area contributed by atoms with Gasteiger partial charge in [0.15, 0.2) is 0 Å². The van der Waals surface area contributed by atoms with E-state index in [1.807, 2.05) is 17.7 Å². The van der Waals surface area contributed by atoms with Gasteiger partial charge in [-0.1, -0.05) is 12.1 Å². The van der Waals surface area contributed by atoms with E-state index in [0.29, 0.717) is 0 Å². The lowest BCUT2D eigenvalue weighted by Crippen LogP contribution is -2.47. The van der Waals surface area contributed by atoms with Crippen LogP contribution in [-0.4, -0.2) is 59.1 Å². The van der Waals surface area contributed by atoms with Crippen molar-refractivity contribution in [1.29, 1.82) is 0 Å². The zero-order chi connectivity index (χ0) is 19.2. The topological polar surface area (TPSA) is 53.4 Å². The fourth-order valence-corrected chi connectivity index (χ4v) is 3.50. The lowest BCUT2D eigenvalue weighted by atomic mass is 10.1. The third-order valence-corrected chi connectivity index (χ3v) is 5.36. The summed E-state index contributed by atoms with van der Waals surface area (Å²) in [5.41, 5.74) is 2.63. The number of nitrogens with zero attached hydrogens (tertiary/aromatic N) is 4. The number of aryl methyl sites for hydroxylation is 1. The van der Waals surface area contributed by atoms with E-state index in [1.165, 1.54) is 11.3 Å². The Morgan fingerprint density at radius 1 is 1.22 bits per heavy atom. The Hall–Kier alpha value is -2.34. The highest BCUT2D eigenvalue weighted by molar-refractivity contribution is 5.80. The van der Waals surface area contributed by atoms with E-state index < -0.39 is 0 Å². The molecule has 2 heterocycles. The van der Waals surface area contributed by atoms with E-state index in [2.05, 4.69) is 58.2 Å². The van der Waals surface area contributed by atoms with Crippen LogP contribution >= 0.6 is 0 Å². The number of imidazole rings is 1. The third kappa shape index (κ3) is 5.32. The van der Waals surface area contributed by atoms with Gasteiger partial charge >= 0.3 is 0 Å². The largest absolute Gasteiger partial charge is 0.369 e. The van der Waals surface area contributed by atoms with E-state index in [1.54, 1.807) is 12.5 Å². The van der Waals surface area contributed by atoms with E-state index in [4.69, 9.17) is 0 Å². The van der Waals surface area contributed by atoms with E-state index in [-0.39, 0.29) is 18.0 Å². The van der Waals surface area contributed by atoms with Crippen LogP contribution in [0.4, 0.5) is 5.69 Å². The first-order chi connectivity index (χ1) is 13.0. The standard InChI is InChI=1S/C21H31N5O/c1-17-5-4-6-20(15-17)25-13-11-24(12-14-25)9-7-18(2)23-21(27)19(3)26-10-8-22-16-26/h4-6,8,10,15-16,18-19H,7,9,11-14H2,1-3H3,(H,23,27)/t18-,19+/m1/s1. The molecule has 0 aliphatic carbocycles. The SMILES string of the molecule is Cc1cccc(N2CCN(CC[C@@H](C)NC(=O)[C@H](C)n3ccnc3)CC2)c1. The summed E-state index contributed by atoms with van der Waals surface area (Å²) < 4.78 is 1.83.